The summed E-state index contributed by atoms with van der Waals surface area (Å²) in [7, 11) is 0. The smallest absolute Gasteiger partial charge is 0.273 e. The maximum absolute atomic E-state index is 12.0. The summed E-state index contributed by atoms with van der Waals surface area (Å²) < 4.78 is 0. The molecule has 0 fully saturated rings. The van der Waals surface area contributed by atoms with Crippen molar-refractivity contribution in [3.8, 4) is 0 Å². The van der Waals surface area contributed by atoms with E-state index in [0.717, 1.165) is 5.01 Å². The van der Waals surface area contributed by atoms with Gasteiger partial charge in [-0.2, -0.15) is 0 Å². The van der Waals surface area contributed by atoms with Gasteiger partial charge >= 0.3 is 0 Å². The molecule has 6 heteroatoms. The number of rotatable bonds is 5. The van der Waals surface area contributed by atoms with Crippen LogP contribution in [0.3, 0.4) is 0 Å². The number of amides is 1. The van der Waals surface area contributed by atoms with Crippen LogP contribution >= 0.6 is 23.6 Å². The molecule has 0 bridgehead atoms. The number of nitrogens with zero attached hydrogens (tertiary/aromatic N) is 2. The lowest BCUT2D eigenvalue weighted by molar-refractivity contribution is 0.0763. The quantitative estimate of drug-likeness (QED) is 0.814. The first-order valence-corrected chi connectivity index (χ1v) is 6.33. The molecule has 2 N–H and O–H groups in total. The van der Waals surface area contributed by atoms with Crippen LogP contribution in [0.5, 0.6) is 0 Å². The molecule has 0 aliphatic carbocycles. The third kappa shape index (κ3) is 3.53. The van der Waals surface area contributed by atoms with Crippen molar-refractivity contribution >= 4 is 34.5 Å². The molecular formula is C10H15N3OS2. The molecule has 88 valence electrons. The average molecular weight is 257 g/mol. The van der Waals surface area contributed by atoms with E-state index in [4.69, 9.17) is 18.0 Å². The molecular weight excluding hydrogens is 242 g/mol. The Morgan fingerprint density at radius 1 is 1.69 bits per heavy atom. The van der Waals surface area contributed by atoms with Gasteiger partial charge in [0.25, 0.3) is 5.91 Å². The Hall–Kier alpha value is -1.01. The summed E-state index contributed by atoms with van der Waals surface area (Å²) in [5.74, 6) is -0.0527. The van der Waals surface area contributed by atoms with Crippen molar-refractivity contribution in [3.05, 3.63) is 16.1 Å². The first-order valence-electron chi connectivity index (χ1n) is 5.04. The van der Waals surface area contributed by atoms with E-state index in [1.54, 1.807) is 10.3 Å². The van der Waals surface area contributed by atoms with Crippen LogP contribution in [0.25, 0.3) is 0 Å². The molecule has 0 aliphatic rings. The number of carbonyl (C=O) groups is 1. The van der Waals surface area contributed by atoms with Gasteiger partial charge in [0.15, 0.2) is 0 Å². The van der Waals surface area contributed by atoms with Gasteiger partial charge in [0, 0.05) is 24.9 Å². The minimum atomic E-state index is -0.0527. The largest absolute Gasteiger partial charge is 0.393 e. The van der Waals surface area contributed by atoms with E-state index in [1.165, 1.54) is 11.3 Å². The molecule has 1 aromatic heterocycles. The Kier molecular flexibility index (Phi) is 4.82. The highest BCUT2D eigenvalue weighted by atomic mass is 32.1. The maximum atomic E-state index is 12.0. The zero-order valence-electron chi connectivity index (χ0n) is 9.40. The summed E-state index contributed by atoms with van der Waals surface area (Å²) in [4.78, 5) is 18.3. The van der Waals surface area contributed by atoms with Crippen molar-refractivity contribution in [2.75, 3.05) is 13.1 Å². The summed E-state index contributed by atoms with van der Waals surface area (Å²) in [6, 6.07) is 0. The summed E-state index contributed by atoms with van der Waals surface area (Å²) in [6.07, 6.45) is 0.554. The minimum absolute atomic E-state index is 0.0527. The Labute approximate surface area is 104 Å². The predicted molar refractivity (Wildman–Crippen MR) is 69.8 cm³/mol. The summed E-state index contributed by atoms with van der Waals surface area (Å²) in [5.41, 5.74) is 5.93. The monoisotopic (exact) mass is 257 g/mol. The average Bonchev–Trinajstić information content (AvgIpc) is 2.65. The molecule has 0 saturated heterocycles. The number of nitrogens with two attached hydrogens (primary N) is 1. The van der Waals surface area contributed by atoms with Crippen LogP contribution in [0.1, 0.15) is 28.8 Å². The second kappa shape index (κ2) is 5.91. The van der Waals surface area contributed by atoms with Gasteiger partial charge in [-0.05, 0) is 13.8 Å². The van der Waals surface area contributed by atoms with E-state index in [9.17, 15) is 4.79 Å². The number of hydrogen-bond donors (Lipinski definition) is 1. The Balaban J connectivity index is 2.66. The van der Waals surface area contributed by atoms with Gasteiger partial charge in [-0.15, -0.1) is 11.3 Å². The van der Waals surface area contributed by atoms with Crippen molar-refractivity contribution in [3.63, 3.8) is 0 Å². The Morgan fingerprint density at radius 3 is 2.81 bits per heavy atom. The van der Waals surface area contributed by atoms with Gasteiger partial charge in [0.05, 0.1) is 10.00 Å². The molecule has 0 atom stereocenters. The fraction of sp³-hybridized carbons (Fsp3) is 0.500. The molecule has 1 amide bonds. The van der Waals surface area contributed by atoms with E-state index >= 15 is 0 Å². The molecule has 0 radical (unpaired) electrons. The van der Waals surface area contributed by atoms with Gasteiger partial charge in [0.1, 0.15) is 5.69 Å². The Bertz CT molecular complexity index is 389. The maximum Gasteiger partial charge on any atom is 0.273 e. The summed E-state index contributed by atoms with van der Waals surface area (Å²) >= 11 is 6.27. The second-order valence-corrected chi connectivity index (χ2v) is 4.94. The highest BCUT2D eigenvalue weighted by Gasteiger charge is 2.16. The number of aryl methyl sites for hydroxylation is 1. The number of hydrogen-bond acceptors (Lipinski definition) is 4. The lowest BCUT2D eigenvalue weighted by atomic mass is 10.3. The van der Waals surface area contributed by atoms with Gasteiger partial charge in [-0.3, -0.25) is 4.79 Å². The fourth-order valence-electron chi connectivity index (χ4n) is 1.27. The van der Waals surface area contributed by atoms with E-state index in [-0.39, 0.29) is 5.91 Å². The zero-order chi connectivity index (χ0) is 12.1. The third-order valence-electron chi connectivity index (χ3n) is 2.14. The van der Waals surface area contributed by atoms with E-state index in [2.05, 4.69) is 4.98 Å². The molecule has 1 heterocycles. The number of thiocarbonyl (C=S) groups is 1. The molecule has 16 heavy (non-hydrogen) atoms. The molecule has 0 aliphatic heterocycles. The molecule has 0 aromatic carbocycles. The van der Waals surface area contributed by atoms with Crippen LogP contribution in [0.2, 0.25) is 0 Å². The summed E-state index contributed by atoms with van der Waals surface area (Å²) in [6.45, 7) is 5.00. The molecule has 0 unspecified atom stereocenters. The molecule has 0 saturated carbocycles. The SMILES string of the molecule is CCN(CCC(N)=S)C(=O)c1csc(C)n1. The van der Waals surface area contributed by atoms with Crippen LogP contribution in [-0.2, 0) is 0 Å². The van der Waals surface area contributed by atoms with E-state index in [1.807, 2.05) is 13.8 Å². The predicted octanol–water partition coefficient (Wildman–Crippen LogP) is 1.59. The van der Waals surface area contributed by atoms with Crippen molar-refractivity contribution in [1.82, 2.24) is 9.88 Å². The van der Waals surface area contributed by atoms with Crippen molar-refractivity contribution in [1.29, 1.82) is 0 Å². The number of thiazole rings is 1. The van der Waals surface area contributed by atoms with Crippen LogP contribution in [0.15, 0.2) is 5.38 Å². The van der Waals surface area contributed by atoms with Gasteiger partial charge in [0.2, 0.25) is 0 Å². The first kappa shape index (κ1) is 13.1. The van der Waals surface area contributed by atoms with Crippen LogP contribution in [-0.4, -0.2) is 33.9 Å². The van der Waals surface area contributed by atoms with Gasteiger partial charge in [-0.25, -0.2) is 4.98 Å². The van der Waals surface area contributed by atoms with Crippen LogP contribution in [0, 0.1) is 6.92 Å². The van der Waals surface area contributed by atoms with E-state index in [0.29, 0.717) is 30.2 Å². The minimum Gasteiger partial charge on any atom is -0.393 e. The lowest BCUT2D eigenvalue weighted by Crippen LogP contribution is -2.33. The highest BCUT2D eigenvalue weighted by Crippen LogP contribution is 2.10. The first-order chi connectivity index (χ1) is 7.54. The van der Waals surface area contributed by atoms with Gasteiger partial charge in [-0.1, -0.05) is 12.2 Å². The number of carbonyl (C=O) groups excluding carboxylic acids is 1. The van der Waals surface area contributed by atoms with Crippen LogP contribution < -0.4 is 5.73 Å². The fourth-order valence-corrected chi connectivity index (χ4v) is 1.95. The summed E-state index contributed by atoms with van der Waals surface area (Å²) in [5, 5.41) is 2.68. The van der Waals surface area contributed by atoms with Crippen molar-refractivity contribution < 1.29 is 4.79 Å². The third-order valence-corrected chi connectivity index (χ3v) is 3.11. The lowest BCUT2D eigenvalue weighted by Gasteiger charge is -2.19. The van der Waals surface area contributed by atoms with E-state index < -0.39 is 0 Å². The molecule has 1 aromatic rings. The molecule has 0 spiro atoms. The number of aromatic nitrogens is 1. The van der Waals surface area contributed by atoms with Crippen LogP contribution in [0.4, 0.5) is 0 Å². The normalized spacial score (nSPS) is 10.1. The highest BCUT2D eigenvalue weighted by molar-refractivity contribution is 7.80. The van der Waals surface area contributed by atoms with Crippen molar-refractivity contribution in [2.24, 2.45) is 5.73 Å². The Morgan fingerprint density at radius 2 is 2.38 bits per heavy atom. The zero-order valence-corrected chi connectivity index (χ0v) is 11.0. The topological polar surface area (TPSA) is 59.2 Å². The molecule has 1 rings (SSSR count). The standard InChI is InChI=1S/C10H15N3OS2/c1-3-13(5-4-9(11)15)10(14)8-6-16-7(2)12-8/h6H,3-5H2,1-2H3,(H2,11,15). The van der Waals surface area contributed by atoms with Gasteiger partial charge < -0.3 is 10.6 Å². The second-order valence-electron chi connectivity index (χ2n) is 3.35. The molecule has 4 nitrogen and oxygen atoms in total. The van der Waals surface area contributed by atoms with Crippen molar-refractivity contribution in [2.45, 2.75) is 20.3 Å².